The van der Waals surface area contributed by atoms with Gasteiger partial charge in [0, 0.05) is 12.2 Å². The number of aryl methyl sites for hydroxylation is 1. The largest absolute Gasteiger partial charge is 0.373 e. The third-order valence-electron chi connectivity index (χ3n) is 4.18. The zero-order valence-corrected chi connectivity index (χ0v) is 12.0. The van der Waals surface area contributed by atoms with E-state index in [4.69, 9.17) is 10.6 Å². The number of nitrogens with one attached hydrogen (secondary N) is 1. The Morgan fingerprint density at radius 2 is 2.00 bits per heavy atom. The number of rotatable bonds is 5. The molecule has 0 aromatic heterocycles. The number of halogens is 2. The minimum atomic E-state index is -0.676. The second-order valence-electron chi connectivity index (χ2n) is 5.40. The fraction of sp³-hybridized carbons (Fsp3) is 0.600. The van der Waals surface area contributed by atoms with Crippen molar-refractivity contribution in [1.29, 1.82) is 0 Å². The molecule has 0 amide bonds. The molecule has 1 aromatic carbocycles. The van der Waals surface area contributed by atoms with Crippen LogP contribution in [0.25, 0.3) is 0 Å². The molecular formula is C15H22F2N2O. The van der Waals surface area contributed by atoms with Crippen LogP contribution in [0.1, 0.15) is 49.8 Å². The zero-order chi connectivity index (χ0) is 14.8. The first kappa shape index (κ1) is 15.4. The van der Waals surface area contributed by atoms with Crippen LogP contribution in [0.3, 0.4) is 0 Å². The van der Waals surface area contributed by atoms with Crippen molar-refractivity contribution in [2.75, 3.05) is 6.61 Å². The zero-order valence-electron chi connectivity index (χ0n) is 12.0. The molecule has 1 aliphatic rings. The number of nitrogens with two attached hydrogens (primary N) is 1. The third-order valence-corrected chi connectivity index (χ3v) is 4.18. The molecule has 1 atom stereocenters. The van der Waals surface area contributed by atoms with Crippen LogP contribution >= 0.6 is 0 Å². The van der Waals surface area contributed by atoms with Crippen LogP contribution in [-0.4, -0.2) is 12.2 Å². The molecule has 3 N–H and O–H groups in total. The van der Waals surface area contributed by atoms with E-state index in [9.17, 15) is 8.78 Å². The molecule has 5 heteroatoms. The molecule has 0 saturated heterocycles. The van der Waals surface area contributed by atoms with E-state index in [0.29, 0.717) is 12.2 Å². The summed E-state index contributed by atoms with van der Waals surface area (Å²) in [5.41, 5.74) is 2.36. The fourth-order valence-electron chi connectivity index (χ4n) is 3.22. The molecule has 2 rings (SSSR count). The number of hydrazine groups is 1. The van der Waals surface area contributed by atoms with Crippen LogP contribution in [-0.2, 0) is 4.74 Å². The Labute approximate surface area is 118 Å². The Kier molecular flexibility index (Phi) is 4.73. The summed E-state index contributed by atoms with van der Waals surface area (Å²) in [5.74, 6) is 4.50. The average Bonchev–Trinajstić information content (AvgIpc) is 2.89. The summed E-state index contributed by atoms with van der Waals surface area (Å²) in [6.45, 7) is 4.00. The molecule has 112 valence electrons. The molecule has 0 bridgehead atoms. The molecule has 1 fully saturated rings. The normalized spacial score (nSPS) is 19.2. The summed E-state index contributed by atoms with van der Waals surface area (Å²) >= 11 is 0. The average molecular weight is 284 g/mol. The van der Waals surface area contributed by atoms with Crippen LogP contribution in [0.15, 0.2) is 12.1 Å². The lowest BCUT2D eigenvalue weighted by atomic mass is 9.85. The van der Waals surface area contributed by atoms with Crippen molar-refractivity contribution in [2.45, 2.75) is 51.2 Å². The predicted octanol–water partition coefficient (Wildman–Crippen LogP) is 3.13. The van der Waals surface area contributed by atoms with Gasteiger partial charge in [-0.3, -0.25) is 5.84 Å². The highest BCUT2D eigenvalue weighted by atomic mass is 19.1. The van der Waals surface area contributed by atoms with Crippen molar-refractivity contribution in [3.05, 3.63) is 34.9 Å². The first-order valence-corrected chi connectivity index (χ1v) is 7.10. The molecule has 1 saturated carbocycles. The highest BCUT2D eigenvalue weighted by Gasteiger charge is 2.44. The van der Waals surface area contributed by atoms with Gasteiger partial charge in [0.15, 0.2) is 0 Å². The lowest BCUT2D eigenvalue weighted by Gasteiger charge is -2.37. The molecule has 20 heavy (non-hydrogen) atoms. The van der Waals surface area contributed by atoms with Gasteiger partial charge in [0.1, 0.15) is 11.6 Å². The molecule has 0 spiro atoms. The maximum absolute atomic E-state index is 14.4. The van der Waals surface area contributed by atoms with Crippen molar-refractivity contribution < 1.29 is 13.5 Å². The van der Waals surface area contributed by atoms with Gasteiger partial charge in [-0.05, 0) is 38.3 Å². The Balaban J connectivity index is 2.49. The second-order valence-corrected chi connectivity index (χ2v) is 5.40. The van der Waals surface area contributed by atoms with Crippen LogP contribution in [0.4, 0.5) is 8.78 Å². The maximum Gasteiger partial charge on any atom is 0.133 e. The Morgan fingerprint density at radius 3 is 2.55 bits per heavy atom. The Morgan fingerprint density at radius 1 is 1.35 bits per heavy atom. The quantitative estimate of drug-likeness (QED) is 0.645. The smallest absolute Gasteiger partial charge is 0.133 e. The lowest BCUT2D eigenvalue weighted by Crippen LogP contribution is -2.47. The summed E-state index contributed by atoms with van der Waals surface area (Å²) in [5, 5.41) is 0. The highest BCUT2D eigenvalue weighted by molar-refractivity contribution is 5.31. The van der Waals surface area contributed by atoms with E-state index in [1.165, 1.54) is 12.1 Å². The molecule has 0 radical (unpaired) electrons. The third kappa shape index (κ3) is 2.57. The second kappa shape index (κ2) is 6.16. The molecule has 1 aromatic rings. The minimum Gasteiger partial charge on any atom is -0.373 e. The van der Waals surface area contributed by atoms with Crippen molar-refractivity contribution >= 4 is 0 Å². The van der Waals surface area contributed by atoms with Gasteiger partial charge >= 0.3 is 0 Å². The fourth-order valence-corrected chi connectivity index (χ4v) is 3.22. The lowest BCUT2D eigenvalue weighted by molar-refractivity contribution is -0.0642. The first-order chi connectivity index (χ1) is 9.55. The standard InChI is InChI=1S/C15H22F2N2O/c1-3-20-15(8-4-5-9-15)14(19-18)12-11(16)7-6-10(2)13(12)17/h6-7,14,19H,3-5,8-9,18H2,1-2H3. The Bertz CT molecular complexity index is 473. The van der Waals surface area contributed by atoms with Crippen molar-refractivity contribution in [3.8, 4) is 0 Å². The molecule has 1 unspecified atom stereocenters. The van der Waals surface area contributed by atoms with Gasteiger partial charge in [-0.1, -0.05) is 18.9 Å². The summed E-state index contributed by atoms with van der Waals surface area (Å²) < 4.78 is 34.4. The van der Waals surface area contributed by atoms with Gasteiger partial charge in [-0.2, -0.15) is 0 Å². The minimum absolute atomic E-state index is 0.0112. The van der Waals surface area contributed by atoms with Crippen molar-refractivity contribution in [1.82, 2.24) is 5.43 Å². The van der Waals surface area contributed by atoms with Gasteiger partial charge in [0.2, 0.25) is 0 Å². The number of hydrogen-bond acceptors (Lipinski definition) is 3. The van der Waals surface area contributed by atoms with Crippen LogP contribution < -0.4 is 11.3 Å². The van der Waals surface area contributed by atoms with E-state index in [1.807, 2.05) is 6.92 Å². The SMILES string of the molecule is CCOC1(C(NN)c2c(F)ccc(C)c2F)CCCC1. The summed E-state index contributed by atoms with van der Waals surface area (Å²) in [4.78, 5) is 0. The van der Waals surface area contributed by atoms with E-state index in [-0.39, 0.29) is 5.56 Å². The van der Waals surface area contributed by atoms with Crippen LogP contribution in [0.2, 0.25) is 0 Å². The molecule has 0 heterocycles. The highest BCUT2D eigenvalue weighted by Crippen LogP contribution is 2.44. The summed E-state index contributed by atoms with van der Waals surface area (Å²) in [7, 11) is 0. The Hall–Kier alpha value is -1.04. The molecule has 1 aliphatic carbocycles. The van der Waals surface area contributed by atoms with E-state index in [1.54, 1.807) is 6.92 Å². The van der Waals surface area contributed by atoms with Gasteiger partial charge in [0.05, 0.1) is 11.6 Å². The maximum atomic E-state index is 14.4. The predicted molar refractivity (Wildman–Crippen MR) is 74.0 cm³/mol. The van der Waals surface area contributed by atoms with Crippen LogP contribution in [0.5, 0.6) is 0 Å². The van der Waals surface area contributed by atoms with Gasteiger partial charge in [-0.15, -0.1) is 0 Å². The van der Waals surface area contributed by atoms with Gasteiger partial charge in [-0.25, -0.2) is 14.2 Å². The van der Waals surface area contributed by atoms with Crippen molar-refractivity contribution in [3.63, 3.8) is 0 Å². The number of ether oxygens (including phenoxy) is 1. The van der Waals surface area contributed by atoms with Crippen molar-refractivity contribution in [2.24, 2.45) is 5.84 Å². The van der Waals surface area contributed by atoms with Gasteiger partial charge in [0.25, 0.3) is 0 Å². The summed E-state index contributed by atoms with van der Waals surface area (Å²) in [6, 6.07) is 2.04. The van der Waals surface area contributed by atoms with Crippen LogP contribution in [0, 0.1) is 18.6 Å². The van der Waals surface area contributed by atoms with E-state index >= 15 is 0 Å². The van der Waals surface area contributed by atoms with E-state index in [2.05, 4.69) is 5.43 Å². The molecular weight excluding hydrogens is 262 g/mol. The molecule has 3 nitrogen and oxygen atoms in total. The van der Waals surface area contributed by atoms with E-state index in [0.717, 1.165) is 25.7 Å². The van der Waals surface area contributed by atoms with E-state index < -0.39 is 23.3 Å². The topological polar surface area (TPSA) is 47.3 Å². The monoisotopic (exact) mass is 284 g/mol. The first-order valence-electron chi connectivity index (χ1n) is 7.10. The summed E-state index contributed by atoms with van der Waals surface area (Å²) in [6.07, 6.45) is 3.46. The number of benzene rings is 1. The molecule has 0 aliphatic heterocycles. The number of hydrogen-bond donors (Lipinski definition) is 2. The van der Waals surface area contributed by atoms with Gasteiger partial charge < -0.3 is 4.74 Å².